The maximum absolute atomic E-state index is 13.7. The molecular formula is C27H25FN6OS. The summed E-state index contributed by atoms with van der Waals surface area (Å²) in [4.78, 5) is 12.5. The molecule has 1 fully saturated rings. The lowest BCUT2D eigenvalue weighted by Crippen LogP contribution is -2.25. The highest BCUT2D eigenvalue weighted by Crippen LogP contribution is 2.38. The van der Waals surface area contributed by atoms with Gasteiger partial charge in [-0.1, -0.05) is 24.4 Å². The molecule has 3 aliphatic rings. The van der Waals surface area contributed by atoms with E-state index in [1.165, 1.54) is 17.7 Å². The Labute approximate surface area is 213 Å². The van der Waals surface area contributed by atoms with Crippen molar-refractivity contribution in [2.75, 3.05) is 32.1 Å². The molecule has 1 saturated heterocycles. The van der Waals surface area contributed by atoms with Gasteiger partial charge in [0.15, 0.2) is 0 Å². The predicted molar refractivity (Wildman–Crippen MR) is 140 cm³/mol. The van der Waals surface area contributed by atoms with Gasteiger partial charge in [0.1, 0.15) is 22.3 Å². The van der Waals surface area contributed by atoms with Gasteiger partial charge in [-0.05, 0) is 36.4 Å². The maximum atomic E-state index is 13.7. The average molecular weight is 501 g/mol. The van der Waals surface area contributed by atoms with E-state index in [-0.39, 0.29) is 5.82 Å². The molecule has 6 heterocycles. The van der Waals surface area contributed by atoms with Gasteiger partial charge >= 0.3 is 0 Å². The van der Waals surface area contributed by atoms with Crippen LogP contribution in [0.4, 0.5) is 15.9 Å². The van der Waals surface area contributed by atoms with E-state index in [9.17, 15) is 4.39 Å². The van der Waals surface area contributed by atoms with E-state index in [1.807, 2.05) is 10.5 Å². The number of pyridine rings is 2. The summed E-state index contributed by atoms with van der Waals surface area (Å²) in [6.07, 6.45) is 3.49. The first-order chi connectivity index (χ1) is 17.5. The number of nitrogens with zero attached hydrogens (tertiary/aromatic N) is 4. The van der Waals surface area contributed by atoms with Crippen molar-refractivity contribution in [3.8, 4) is 11.3 Å². The number of benzene rings is 1. The average Bonchev–Trinajstić information content (AvgIpc) is 3.57. The van der Waals surface area contributed by atoms with E-state index < -0.39 is 0 Å². The molecule has 4 aromatic rings. The van der Waals surface area contributed by atoms with Gasteiger partial charge < -0.3 is 20.3 Å². The van der Waals surface area contributed by atoms with E-state index in [4.69, 9.17) is 21.9 Å². The maximum Gasteiger partial charge on any atom is 0.140 e. The molecule has 0 unspecified atom stereocenters. The van der Waals surface area contributed by atoms with Crippen LogP contribution in [0.25, 0.3) is 16.9 Å². The highest BCUT2D eigenvalue weighted by atomic mass is 32.1. The van der Waals surface area contributed by atoms with Gasteiger partial charge in [-0.2, -0.15) is 0 Å². The Balaban J connectivity index is 1.27. The van der Waals surface area contributed by atoms with Crippen molar-refractivity contribution < 1.29 is 9.13 Å². The van der Waals surface area contributed by atoms with Crippen molar-refractivity contribution in [3.05, 3.63) is 77.0 Å². The van der Waals surface area contributed by atoms with Crippen molar-refractivity contribution in [2.24, 2.45) is 5.92 Å². The molecule has 3 aromatic heterocycles. The van der Waals surface area contributed by atoms with Crippen LogP contribution in [-0.4, -0.2) is 51.1 Å². The zero-order valence-corrected chi connectivity index (χ0v) is 20.6. The summed E-state index contributed by atoms with van der Waals surface area (Å²) in [5.74, 6) is 1.43. The van der Waals surface area contributed by atoms with Crippen molar-refractivity contribution in [3.63, 3.8) is 0 Å². The number of rotatable bonds is 3. The number of hydrogen-bond acceptors (Lipinski definition) is 6. The summed E-state index contributed by atoms with van der Waals surface area (Å²) in [5, 5.41) is 6.86. The number of imidazole rings is 1. The number of nitrogens with one attached hydrogen (secondary N) is 2. The molecule has 182 valence electrons. The zero-order valence-electron chi connectivity index (χ0n) is 19.8. The number of ether oxygens (including phenoxy) is 1. The second-order valence-corrected chi connectivity index (χ2v) is 10.3. The summed E-state index contributed by atoms with van der Waals surface area (Å²) in [6, 6.07) is 11.3. The molecule has 3 aliphatic heterocycles. The van der Waals surface area contributed by atoms with Gasteiger partial charge in [0.05, 0.1) is 36.5 Å². The van der Waals surface area contributed by atoms with Gasteiger partial charge in [0.2, 0.25) is 0 Å². The molecule has 7 rings (SSSR count). The third-order valence-corrected chi connectivity index (χ3v) is 7.90. The van der Waals surface area contributed by atoms with Crippen LogP contribution in [0, 0.1) is 11.7 Å². The van der Waals surface area contributed by atoms with Crippen LogP contribution in [0.1, 0.15) is 28.3 Å². The van der Waals surface area contributed by atoms with Crippen molar-refractivity contribution >= 4 is 34.4 Å². The van der Waals surface area contributed by atoms with Crippen LogP contribution in [-0.2, 0) is 17.8 Å². The molecule has 2 atom stereocenters. The van der Waals surface area contributed by atoms with Crippen molar-refractivity contribution in [1.29, 1.82) is 0 Å². The lowest BCUT2D eigenvalue weighted by Gasteiger charge is -2.18. The molecule has 0 bridgehead atoms. The molecule has 36 heavy (non-hydrogen) atoms. The Morgan fingerprint density at radius 1 is 1.19 bits per heavy atom. The Morgan fingerprint density at radius 3 is 3.03 bits per heavy atom. The summed E-state index contributed by atoms with van der Waals surface area (Å²) in [6.45, 7) is 4.06. The van der Waals surface area contributed by atoms with E-state index in [0.717, 1.165) is 65.9 Å². The minimum absolute atomic E-state index is 0.303. The molecule has 9 heteroatoms. The molecule has 7 nitrogen and oxygen atoms in total. The van der Waals surface area contributed by atoms with E-state index in [0.29, 0.717) is 29.0 Å². The Morgan fingerprint density at radius 2 is 2.11 bits per heavy atom. The van der Waals surface area contributed by atoms with Crippen LogP contribution in [0.3, 0.4) is 0 Å². The quantitative estimate of drug-likeness (QED) is 0.408. The van der Waals surface area contributed by atoms with Crippen LogP contribution < -0.4 is 10.6 Å². The van der Waals surface area contributed by atoms with Crippen LogP contribution >= 0.6 is 12.2 Å². The third-order valence-electron chi connectivity index (χ3n) is 7.55. The number of hydrogen-bond donors (Lipinski definition) is 2. The number of halogens is 1. The first-order valence-electron chi connectivity index (χ1n) is 12.2. The fraction of sp³-hybridized carbons (Fsp3) is 0.296. The molecular weight excluding hydrogens is 475 g/mol. The first-order valence-corrected chi connectivity index (χ1v) is 12.6. The van der Waals surface area contributed by atoms with E-state index in [2.05, 4.69) is 45.8 Å². The minimum atomic E-state index is -0.303. The Kier molecular flexibility index (Phi) is 5.06. The normalized spacial score (nSPS) is 21.1. The fourth-order valence-corrected chi connectivity index (χ4v) is 6.18. The Hall–Kier alpha value is -3.40. The zero-order chi connectivity index (χ0) is 24.4. The monoisotopic (exact) mass is 500 g/mol. The summed E-state index contributed by atoms with van der Waals surface area (Å²) < 4.78 is 21.4. The topological polar surface area (TPSA) is 66.7 Å². The van der Waals surface area contributed by atoms with E-state index in [1.54, 1.807) is 12.4 Å². The first kappa shape index (κ1) is 21.8. The van der Waals surface area contributed by atoms with Crippen molar-refractivity contribution in [2.45, 2.75) is 19.0 Å². The molecule has 2 N–H and O–H groups in total. The van der Waals surface area contributed by atoms with Gasteiger partial charge in [-0.3, -0.25) is 4.40 Å². The van der Waals surface area contributed by atoms with E-state index >= 15 is 0 Å². The number of anilines is 2. The lowest BCUT2D eigenvalue weighted by molar-refractivity contribution is 0.171. The van der Waals surface area contributed by atoms with Crippen molar-refractivity contribution in [1.82, 2.24) is 24.6 Å². The smallest absolute Gasteiger partial charge is 0.140 e. The molecule has 0 spiro atoms. The number of aromatic nitrogens is 3. The minimum Gasteiger partial charge on any atom is -0.380 e. The second kappa shape index (κ2) is 8.33. The lowest BCUT2D eigenvalue weighted by atomic mass is 9.89. The van der Waals surface area contributed by atoms with Gasteiger partial charge in [-0.25, -0.2) is 14.4 Å². The third kappa shape index (κ3) is 3.49. The Bertz CT molecular complexity index is 1530. The highest BCUT2D eigenvalue weighted by molar-refractivity contribution is 7.80. The van der Waals surface area contributed by atoms with Gasteiger partial charge in [-0.15, -0.1) is 0 Å². The standard InChI is InChI=1S/C27H25FN6OS/c1-33-11-15-13-35-14-20(15)17-3-5-24(32-22(17)12-33)31-21-4-2-18(19-9-30-27(36)26(19)21)23-10-29-25-8-16(28)6-7-34(23)25/h2-8,10,15,20H,9,11-14H2,1H3,(H,30,36)(H,31,32)/t15-,20-/m0/s1. The van der Waals surface area contributed by atoms with Gasteiger partial charge in [0, 0.05) is 54.9 Å². The molecule has 0 saturated carbocycles. The number of thiocarbonyl (C=S) groups is 1. The molecule has 0 amide bonds. The second-order valence-electron chi connectivity index (χ2n) is 9.87. The molecule has 0 aliphatic carbocycles. The summed E-state index contributed by atoms with van der Waals surface area (Å²) in [5.41, 5.74) is 7.88. The van der Waals surface area contributed by atoms with Crippen LogP contribution in [0.2, 0.25) is 0 Å². The molecule has 1 aromatic carbocycles. The largest absolute Gasteiger partial charge is 0.380 e. The summed E-state index contributed by atoms with van der Waals surface area (Å²) >= 11 is 5.70. The number of fused-ring (bicyclic) bond motifs is 5. The highest BCUT2D eigenvalue weighted by Gasteiger charge is 2.35. The SMILES string of the molecule is CN1Cc2nc(Nc3ccc(-c4cnc5cc(F)ccn45)c4c3C(=S)NC4)ccc2[C@H]2COC[C@@H]2C1. The molecule has 0 radical (unpaired) electrons. The summed E-state index contributed by atoms with van der Waals surface area (Å²) in [7, 11) is 2.15. The van der Waals surface area contributed by atoms with Gasteiger partial charge in [0.25, 0.3) is 0 Å². The fourth-order valence-electron chi connectivity index (χ4n) is 5.87. The predicted octanol–water partition coefficient (Wildman–Crippen LogP) is 4.23. The van der Waals surface area contributed by atoms with Crippen LogP contribution in [0.5, 0.6) is 0 Å². The van der Waals surface area contributed by atoms with Crippen LogP contribution in [0.15, 0.2) is 48.8 Å².